The first kappa shape index (κ1) is 12.3. The fourth-order valence-corrected chi connectivity index (χ4v) is 3.22. The third-order valence-electron chi connectivity index (χ3n) is 4.06. The lowest BCUT2D eigenvalue weighted by atomic mass is 9.77. The highest BCUT2D eigenvalue weighted by molar-refractivity contribution is 4.89. The highest BCUT2D eigenvalue weighted by Crippen LogP contribution is 2.30. The van der Waals surface area contributed by atoms with Crippen LogP contribution in [0, 0.1) is 5.92 Å². The Bertz CT molecular complexity index is 192. The molecule has 0 aromatic rings. The molecule has 2 N–H and O–H groups in total. The maximum Gasteiger partial charge on any atom is 0.0654 e. The second-order valence-electron chi connectivity index (χ2n) is 5.16. The van der Waals surface area contributed by atoms with Gasteiger partial charge in [0.1, 0.15) is 0 Å². The minimum atomic E-state index is 0.573. The smallest absolute Gasteiger partial charge is 0.0654 e. The molecule has 0 aromatic heterocycles. The van der Waals surface area contributed by atoms with Crippen molar-refractivity contribution in [1.29, 1.82) is 0 Å². The molecule has 1 saturated carbocycles. The summed E-state index contributed by atoms with van der Waals surface area (Å²) in [5, 5.41) is 3.70. The quantitative estimate of drug-likeness (QED) is 0.721. The van der Waals surface area contributed by atoms with Gasteiger partial charge in [-0.05, 0) is 45.1 Å². The Morgan fingerprint density at radius 2 is 1.94 bits per heavy atom. The van der Waals surface area contributed by atoms with Crippen LogP contribution in [0.3, 0.4) is 0 Å². The molecule has 0 amide bonds. The van der Waals surface area contributed by atoms with Crippen molar-refractivity contribution in [2.75, 3.05) is 13.2 Å². The number of hydrogen-bond donors (Lipinski definition) is 2. The van der Waals surface area contributed by atoms with Gasteiger partial charge in [-0.25, -0.2) is 0 Å². The van der Waals surface area contributed by atoms with Crippen molar-refractivity contribution in [2.24, 2.45) is 5.92 Å². The van der Waals surface area contributed by atoms with E-state index in [2.05, 4.69) is 10.8 Å². The largest absolute Gasteiger partial charge is 0.314 e. The Morgan fingerprint density at radius 3 is 2.69 bits per heavy atom. The molecule has 1 aliphatic carbocycles. The maximum absolute atomic E-state index is 5.42. The van der Waals surface area contributed by atoms with Crippen molar-refractivity contribution in [1.82, 2.24) is 10.8 Å². The molecule has 3 unspecified atom stereocenters. The molecular weight excluding hydrogens is 200 g/mol. The van der Waals surface area contributed by atoms with Gasteiger partial charge in [0, 0.05) is 12.1 Å². The lowest BCUT2D eigenvalue weighted by Crippen LogP contribution is -2.50. The van der Waals surface area contributed by atoms with Crippen LogP contribution in [0.15, 0.2) is 0 Å². The first-order valence-electron chi connectivity index (χ1n) is 7.02. The van der Waals surface area contributed by atoms with E-state index in [0.29, 0.717) is 6.04 Å². The molecule has 0 aromatic carbocycles. The fourth-order valence-electron chi connectivity index (χ4n) is 3.22. The SMILES string of the molecule is CCONC1CCCCC1C1CCCCN1. The lowest BCUT2D eigenvalue weighted by Gasteiger charge is -2.39. The molecule has 2 aliphatic rings. The predicted molar refractivity (Wildman–Crippen MR) is 66.1 cm³/mol. The molecule has 2 rings (SSSR count). The van der Waals surface area contributed by atoms with Crippen LogP contribution in [0.25, 0.3) is 0 Å². The van der Waals surface area contributed by atoms with Gasteiger partial charge < -0.3 is 10.2 Å². The van der Waals surface area contributed by atoms with Gasteiger partial charge in [0.15, 0.2) is 0 Å². The Labute approximate surface area is 99.3 Å². The number of piperidine rings is 1. The highest BCUT2D eigenvalue weighted by Gasteiger charge is 2.32. The molecule has 3 nitrogen and oxygen atoms in total. The minimum absolute atomic E-state index is 0.573. The van der Waals surface area contributed by atoms with Gasteiger partial charge in [0.2, 0.25) is 0 Å². The molecule has 1 aliphatic heterocycles. The van der Waals surface area contributed by atoms with E-state index in [4.69, 9.17) is 4.84 Å². The van der Waals surface area contributed by atoms with Crippen LogP contribution in [-0.4, -0.2) is 25.2 Å². The standard InChI is InChI=1S/C13H26N2O/c1-2-16-15-13-9-4-3-7-11(13)12-8-5-6-10-14-12/h11-15H,2-10H2,1H3. The summed E-state index contributed by atoms with van der Waals surface area (Å²) in [4.78, 5) is 5.42. The molecule has 2 fully saturated rings. The molecule has 16 heavy (non-hydrogen) atoms. The Kier molecular flexibility index (Phi) is 5.07. The van der Waals surface area contributed by atoms with Crippen molar-refractivity contribution in [3.8, 4) is 0 Å². The third kappa shape index (κ3) is 3.19. The number of hydroxylamine groups is 1. The monoisotopic (exact) mass is 226 g/mol. The molecule has 0 bridgehead atoms. The topological polar surface area (TPSA) is 33.3 Å². The van der Waals surface area contributed by atoms with Crippen LogP contribution in [-0.2, 0) is 4.84 Å². The number of hydrogen-bond acceptors (Lipinski definition) is 3. The normalized spacial score (nSPS) is 36.2. The highest BCUT2D eigenvalue weighted by atomic mass is 16.6. The summed E-state index contributed by atoms with van der Waals surface area (Å²) in [5.41, 5.74) is 3.28. The Hall–Kier alpha value is -0.120. The second-order valence-corrected chi connectivity index (χ2v) is 5.16. The van der Waals surface area contributed by atoms with Gasteiger partial charge >= 0.3 is 0 Å². The van der Waals surface area contributed by atoms with Crippen LogP contribution < -0.4 is 10.8 Å². The average molecular weight is 226 g/mol. The van der Waals surface area contributed by atoms with E-state index < -0.39 is 0 Å². The average Bonchev–Trinajstić information content (AvgIpc) is 2.38. The van der Waals surface area contributed by atoms with Crippen molar-refractivity contribution in [2.45, 2.75) is 64.0 Å². The molecule has 1 saturated heterocycles. The Balaban J connectivity index is 1.86. The fraction of sp³-hybridized carbons (Fsp3) is 1.00. The zero-order valence-electron chi connectivity index (χ0n) is 10.5. The van der Waals surface area contributed by atoms with E-state index in [9.17, 15) is 0 Å². The molecular formula is C13H26N2O. The molecule has 94 valence electrons. The van der Waals surface area contributed by atoms with Crippen LogP contribution in [0.5, 0.6) is 0 Å². The van der Waals surface area contributed by atoms with E-state index in [-0.39, 0.29) is 0 Å². The molecule has 1 heterocycles. The minimum Gasteiger partial charge on any atom is -0.314 e. The summed E-state index contributed by atoms with van der Waals surface area (Å²) in [7, 11) is 0. The van der Waals surface area contributed by atoms with E-state index in [1.165, 1.54) is 51.5 Å². The summed E-state index contributed by atoms with van der Waals surface area (Å²) in [6.45, 7) is 4.02. The van der Waals surface area contributed by atoms with Crippen LogP contribution >= 0.6 is 0 Å². The second kappa shape index (κ2) is 6.58. The maximum atomic E-state index is 5.42. The third-order valence-corrected chi connectivity index (χ3v) is 4.06. The summed E-state index contributed by atoms with van der Waals surface area (Å²) >= 11 is 0. The first-order valence-corrected chi connectivity index (χ1v) is 7.02. The van der Waals surface area contributed by atoms with Crippen molar-refractivity contribution in [3.05, 3.63) is 0 Å². The van der Waals surface area contributed by atoms with Gasteiger partial charge in [-0.3, -0.25) is 0 Å². The zero-order valence-corrected chi connectivity index (χ0v) is 10.5. The van der Waals surface area contributed by atoms with Crippen LogP contribution in [0.1, 0.15) is 51.9 Å². The van der Waals surface area contributed by atoms with Crippen LogP contribution in [0.4, 0.5) is 0 Å². The van der Waals surface area contributed by atoms with Crippen LogP contribution in [0.2, 0.25) is 0 Å². The van der Waals surface area contributed by atoms with Gasteiger partial charge in [-0.15, -0.1) is 0 Å². The Morgan fingerprint density at radius 1 is 1.12 bits per heavy atom. The van der Waals surface area contributed by atoms with E-state index >= 15 is 0 Å². The summed E-state index contributed by atoms with van der Waals surface area (Å²) in [5.74, 6) is 0.778. The summed E-state index contributed by atoms with van der Waals surface area (Å²) in [6.07, 6.45) is 9.50. The zero-order chi connectivity index (χ0) is 11.2. The number of nitrogens with one attached hydrogen (secondary N) is 2. The van der Waals surface area contributed by atoms with Gasteiger partial charge in [0.25, 0.3) is 0 Å². The van der Waals surface area contributed by atoms with Gasteiger partial charge in [0.05, 0.1) is 6.61 Å². The van der Waals surface area contributed by atoms with Crippen molar-refractivity contribution < 1.29 is 4.84 Å². The van der Waals surface area contributed by atoms with E-state index in [0.717, 1.165) is 18.6 Å². The number of rotatable bonds is 4. The predicted octanol–water partition coefficient (Wildman–Crippen LogP) is 2.23. The van der Waals surface area contributed by atoms with E-state index in [1.807, 2.05) is 6.92 Å². The molecule has 0 radical (unpaired) electrons. The van der Waals surface area contributed by atoms with Gasteiger partial charge in [-0.2, -0.15) is 5.48 Å². The van der Waals surface area contributed by atoms with Crippen molar-refractivity contribution >= 4 is 0 Å². The summed E-state index contributed by atoms with van der Waals surface area (Å²) in [6, 6.07) is 1.30. The van der Waals surface area contributed by atoms with Crippen molar-refractivity contribution in [3.63, 3.8) is 0 Å². The van der Waals surface area contributed by atoms with Gasteiger partial charge in [-0.1, -0.05) is 19.3 Å². The lowest BCUT2D eigenvalue weighted by molar-refractivity contribution is -0.0102. The molecule has 0 spiro atoms. The molecule has 3 heteroatoms. The van der Waals surface area contributed by atoms with E-state index in [1.54, 1.807) is 0 Å². The summed E-state index contributed by atoms with van der Waals surface area (Å²) < 4.78 is 0. The first-order chi connectivity index (χ1) is 7.92. The molecule has 3 atom stereocenters.